The van der Waals surface area contributed by atoms with Crippen LogP contribution < -0.4 is 0 Å². The zero-order valence-electron chi connectivity index (χ0n) is 6.88. The molecule has 1 saturated heterocycles. The SMILES string of the molecule is CCOCCC1CSCC1Cl. The Morgan fingerprint density at radius 1 is 1.55 bits per heavy atom. The third-order valence-corrected chi connectivity index (χ3v) is 3.91. The van der Waals surface area contributed by atoms with E-state index in [0.717, 1.165) is 25.4 Å². The molecule has 66 valence electrons. The Morgan fingerprint density at radius 3 is 2.91 bits per heavy atom. The second-order valence-corrected chi connectivity index (χ2v) is 4.43. The summed E-state index contributed by atoms with van der Waals surface area (Å²) in [5, 5.41) is 0.389. The smallest absolute Gasteiger partial charge is 0.0469 e. The number of alkyl halides is 1. The Hall–Kier alpha value is 0.600. The minimum Gasteiger partial charge on any atom is -0.382 e. The van der Waals surface area contributed by atoms with Crippen molar-refractivity contribution in [2.24, 2.45) is 5.92 Å². The predicted molar refractivity (Wildman–Crippen MR) is 51.6 cm³/mol. The van der Waals surface area contributed by atoms with Crippen LogP contribution in [-0.4, -0.2) is 30.1 Å². The van der Waals surface area contributed by atoms with Gasteiger partial charge in [0.25, 0.3) is 0 Å². The fourth-order valence-corrected chi connectivity index (χ4v) is 3.14. The molecular formula is C8H15ClOS. The second-order valence-electron chi connectivity index (χ2n) is 2.80. The Morgan fingerprint density at radius 2 is 2.36 bits per heavy atom. The van der Waals surface area contributed by atoms with Crippen molar-refractivity contribution in [2.75, 3.05) is 24.7 Å². The third-order valence-electron chi connectivity index (χ3n) is 1.96. The first-order valence-corrected chi connectivity index (χ1v) is 5.73. The molecule has 0 aliphatic carbocycles. The lowest BCUT2D eigenvalue weighted by molar-refractivity contribution is 0.135. The normalized spacial score (nSPS) is 31.1. The summed E-state index contributed by atoms with van der Waals surface area (Å²) in [7, 11) is 0. The van der Waals surface area contributed by atoms with Gasteiger partial charge < -0.3 is 4.74 Å². The molecule has 2 atom stereocenters. The van der Waals surface area contributed by atoms with Gasteiger partial charge in [-0.2, -0.15) is 11.8 Å². The molecule has 0 saturated carbocycles. The van der Waals surface area contributed by atoms with E-state index in [-0.39, 0.29) is 0 Å². The van der Waals surface area contributed by atoms with Gasteiger partial charge in [0.2, 0.25) is 0 Å². The van der Waals surface area contributed by atoms with Crippen LogP contribution in [0.15, 0.2) is 0 Å². The maximum Gasteiger partial charge on any atom is 0.0469 e. The molecule has 1 nitrogen and oxygen atoms in total. The summed E-state index contributed by atoms with van der Waals surface area (Å²) in [6.45, 7) is 3.74. The zero-order valence-corrected chi connectivity index (χ0v) is 8.46. The quantitative estimate of drug-likeness (QED) is 0.502. The van der Waals surface area contributed by atoms with E-state index in [2.05, 4.69) is 0 Å². The Kier molecular flexibility index (Phi) is 4.65. The largest absolute Gasteiger partial charge is 0.382 e. The van der Waals surface area contributed by atoms with Gasteiger partial charge in [-0.25, -0.2) is 0 Å². The van der Waals surface area contributed by atoms with Crippen LogP contribution in [0.1, 0.15) is 13.3 Å². The number of ether oxygens (including phenoxy) is 1. The molecule has 0 bridgehead atoms. The van der Waals surface area contributed by atoms with Gasteiger partial charge in [0.1, 0.15) is 0 Å². The third kappa shape index (κ3) is 3.22. The van der Waals surface area contributed by atoms with E-state index in [4.69, 9.17) is 16.3 Å². The topological polar surface area (TPSA) is 9.23 Å². The van der Waals surface area contributed by atoms with Gasteiger partial charge in [-0.15, -0.1) is 11.6 Å². The van der Waals surface area contributed by atoms with Gasteiger partial charge in [-0.05, 0) is 25.0 Å². The summed E-state index contributed by atoms with van der Waals surface area (Å²) < 4.78 is 5.28. The predicted octanol–water partition coefficient (Wildman–Crippen LogP) is 2.38. The average Bonchev–Trinajstić information content (AvgIpc) is 2.37. The minimum absolute atomic E-state index is 0.389. The van der Waals surface area contributed by atoms with Crippen LogP contribution in [0.5, 0.6) is 0 Å². The van der Waals surface area contributed by atoms with Crippen molar-refractivity contribution >= 4 is 23.4 Å². The van der Waals surface area contributed by atoms with Crippen LogP contribution >= 0.6 is 23.4 Å². The highest BCUT2D eigenvalue weighted by Crippen LogP contribution is 2.30. The van der Waals surface area contributed by atoms with Crippen molar-refractivity contribution in [1.82, 2.24) is 0 Å². The van der Waals surface area contributed by atoms with Gasteiger partial charge in [0.05, 0.1) is 0 Å². The first kappa shape index (κ1) is 9.69. The van der Waals surface area contributed by atoms with E-state index >= 15 is 0 Å². The number of thioether (sulfide) groups is 1. The van der Waals surface area contributed by atoms with Gasteiger partial charge in [-0.3, -0.25) is 0 Å². The first-order valence-electron chi connectivity index (χ1n) is 4.14. The van der Waals surface area contributed by atoms with Crippen molar-refractivity contribution in [3.05, 3.63) is 0 Å². The summed E-state index contributed by atoms with van der Waals surface area (Å²) in [4.78, 5) is 0. The van der Waals surface area contributed by atoms with Gasteiger partial charge >= 0.3 is 0 Å². The van der Waals surface area contributed by atoms with E-state index in [1.165, 1.54) is 5.75 Å². The Balaban J connectivity index is 2.05. The van der Waals surface area contributed by atoms with Crippen molar-refractivity contribution < 1.29 is 4.74 Å². The highest BCUT2D eigenvalue weighted by atomic mass is 35.5. The molecule has 1 heterocycles. The van der Waals surface area contributed by atoms with Crippen LogP contribution in [0.3, 0.4) is 0 Å². The van der Waals surface area contributed by atoms with E-state index in [9.17, 15) is 0 Å². The van der Waals surface area contributed by atoms with Crippen molar-refractivity contribution in [1.29, 1.82) is 0 Å². The van der Waals surface area contributed by atoms with Crippen molar-refractivity contribution in [3.63, 3.8) is 0 Å². The molecule has 0 aromatic rings. The molecule has 0 spiro atoms. The fraction of sp³-hybridized carbons (Fsp3) is 1.00. The summed E-state index contributed by atoms with van der Waals surface area (Å²) in [5.74, 6) is 3.03. The molecule has 1 fully saturated rings. The molecule has 1 rings (SSSR count). The average molecular weight is 195 g/mol. The zero-order chi connectivity index (χ0) is 8.10. The molecule has 0 N–H and O–H groups in total. The molecule has 0 radical (unpaired) electrons. The Labute approximate surface area is 77.8 Å². The molecule has 11 heavy (non-hydrogen) atoms. The monoisotopic (exact) mass is 194 g/mol. The number of rotatable bonds is 4. The standard InChI is InChI=1S/C8H15ClOS/c1-2-10-4-3-7-5-11-6-8(7)9/h7-8H,2-6H2,1H3. The van der Waals surface area contributed by atoms with E-state index < -0.39 is 0 Å². The lowest BCUT2D eigenvalue weighted by Gasteiger charge is -2.11. The summed E-state index contributed by atoms with van der Waals surface area (Å²) in [5.41, 5.74) is 0. The molecule has 2 unspecified atom stereocenters. The lowest BCUT2D eigenvalue weighted by atomic mass is 10.1. The summed E-state index contributed by atoms with van der Waals surface area (Å²) in [6.07, 6.45) is 1.13. The van der Waals surface area contributed by atoms with E-state index in [0.29, 0.717) is 11.3 Å². The number of halogens is 1. The second kappa shape index (κ2) is 5.28. The molecule has 1 aliphatic rings. The number of hydrogen-bond donors (Lipinski definition) is 0. The van der Waals surface area contributed by atoms with Crippen LogP contribution in [0.2, 0.25) is 0 Å². The van der Waals surface area contributed by atoms with Crippen LogP contribution in [-0.2, 0) is 4.74 Å². The molecular weight excluding hydrogens is 180 g/mol. The molecule has 0 aromatic heterocycles. The fourth-order valence-electron chi connectivity index (χ4n) is 1.22. The highest BCUT2D eigenvalue weighted by Gasteiger charge is 2.25. The summed E-state index contributed by atoms with van der Waals surface area (Å²) >= 11 is 8.04. The van der Waals surface area contributed by atoms with Crippen LogP contribution in [0.25, 0.3) is 0 Å². The molecule has 1 aliphatic heterocycles. The minimum atomic E-state index is 0.389. The highest BCUT2D eigenvalue weighted by molar-refractivity contribution is 7.99. The van der Waals surface area contributed by atoms with Crippen molar-refractivity contribution in [3.8, 4) is 0 Å². The molecule has 3 heteroatoms. The number of hydrogen-bond acceptors (Lipinski definition) is 2. The van der Waals surface area contributed by atoms with Gasteiger partial charge in [-0.1, -0.05) is 0 Å². The first-order chi connectivity index (χ1) is 5.34. The molecule has 0 aromatic carbocycles. The lowest BCUT2D eigenvalue weighted by Crippen LogP contribution is -2.14. The maximum atomic E-state index is 6.08. The van der Waals surface area contributed by atoms with Crippen LogP contribution in [0.4, 0.5) is 0 Å². The van der Waals surface area contributed by atoms with Crippen LogP contribution in [0, 0.1) is 5.92 Å². The van der Waals surface area contributed by atoms with E-state index in [1.54, 1.807) is 0 Å². The maximum absolute atomic E-state index is 6.08. The Bertz CT molecular complexity index is 110. The summed E-state index contributed by atoms with van der Waals surface area (Å²) in [6, 6.07) is 0. The molecule has 0 amide bonds. The van der Waals surface area contributed by atoms with Crippen molar-refractivity contribution in [2.45, 2.75) is 18.7 Å². The van der Waals surface area contributed by atoms with E-state index in [1.807, 2.05) is 18.7 Å². The van der Waals surface area contributed by atoms with Gasteiger partial charge in [0, 0.05) is 24.3 Å². The van der Waals surface area contributed by atoms with Gasteiger partial charge in [0.15, 0.2) is 0 Å².